The third-order valence-electron chi connectivity index (χ3n) is 5.47. The Kier molecular flexibility index (Phi) is 3.46. The van der Waals surface area contributed by atoms with Crippen LogP contribution in [0, 0.1) is 5.92 Å². The molecular weight excluding hydrogens is 307 g/mol. The second-order valence-corrected chi connectivity index (χ2v) is 9.07. The highest BCUT2D eigenvalue weighted by Gasteiger charge is 2.52. The molecule has 2 heterocycles. The summed E-state index contributed by atoms with van der Waals surface area (Å²) in [4.78, 5) is 0. The third kappa shape index (κ3) is 2.65. The van der Waals surface area contributed by atoms with Gasteiger partial charge >= 0.3 is 7.12 Å². The summed E-state index contributed by atoms with van der Waals surface area (Å²) >= 11 is 1.80. The lowest BCUT2D eigenvalue weighted by Crippen LogP contribution is -2.41. The minimum absolute atomic E-state index is 0.291. The minimum Gasteiger partial charge on any atom is -0.399 e. The molecule has 6 heteroatoms. The second-order valence-electron chi connectivity index (χ2n) is 7.92. The van der Waals surface area contributed by atoms with E-state index < -0.39 is 0 Å². The van der Waals surface area contributed by atoms with Gasteiger partial charge < -0.3 is 9.31 Å². The van der Waals surface area contributed by atoms with Gasteiger partial charge in [-0.2, -0.15) is 0 Å². The molecule has 4 nitrogen and oxygen atoms in total. The minimum atomic E-state index is -0.296. The number of anilines is 2. The van der Waals surface area contributed by atoms with E-state index in [1.165, 1.54) is 24.2 Å². The van der Waals surface area contributed by atoms with Crippen molar-refractivity contribution in [2.45, 2.75) is 51.7 Å². The van der Waals surface area contributed by atoms with Crippen LogP contribution in [0.25, 0.3) is 0 Å². The van der Waals surface area contributed by atoms with Crippen molar-refractivity contribution in [1.29, 1.82) is 0 Å². The normalized spacial score (nSPS) is 25.2. The Morgan fingerprint density at radius 3 is 2.39 bits per heavy atom. The van der Waals surface area contributed by atoms with E-state index in [0.29, 0.717) is 0 Å². The van der Waals surface area contributed by atoms with Gasteiger partial charge in [0, 0.05) is 13.6 Å². The Hall–Kier alpha value is -0.845. The van der Waals surface area contributed by atoms with Crippen LogP contribution >= 0.6 is 12.1 Å². The average Bonchev–Trinajstić information content (AvgIpc) is 3.18. The number of fused-ring (bicyclic) bond motifs is 1. The van der Waals surface area contributed by atoms with Gasteiger partial charge in [0.25, 0.3) is 0 Å². The molecule has 1 saturated carbocycles. The molecule has 0 bridgehead atoms. The zero-order chi connectivity index (χ0) is 16.4. The highest BCUT2D eigenvalue weighted by molar-refractivity contribution is 8.02. The number of rotatable bonds is 3. The zero-order valence-corrected chi connectivity index (χ0v) is 15.4. The molecule has 4 rings (SSSR count). The molecule has 0 spiro atoms. The van der Waals surface area contributed by atoms with Gasteiger partial charge in [0.1, 0.15) is 0 Å². The maximum atomic E-state index is 6.19. The lowest BCUT2D eigenvalue weighted by molar-refractivity contribution is 0.00578. The predicted octanol–water partition coefficient (Wildman–Crippen LogP) is 3.22. The Bertz CT molecular complexity index is 617. The molecule has 3 aliphatic rings. The molecule has 23 heavy (non-hydrogen) atoms. The highest BCUT2D eigenvalue weighted by Crippen LogP contribution is 2.46. The van der Waals surface area contributed by atoms with Crippen LogP contribution < -0.4 is 14.1 Å². The lowest BCUT2D eigenvalue weighted by Gasteiger charge is -2.32. The van der Waals surface area contributed by atoms with Crippen molar-refractivity contribution < 1.29 is 9.31 Å². The number of hydrogen-bond acceptors (Lipinski definition) is 5. The van der Waals surface area contributed by atoms with E-state index in [4.69, 9.17) is 9.31 Å². The molecule has 0 atom stereocenters. The Morgan fingerprint density at radius 2 is 1.78 bits per heavy atom. The summed E-state index contributed by atoms with van der Waals surface area (Å²) in [7, 11) is 1.84. The van der Waals surface area contributed by atoms with Gasteiger partial charge in [-0.05, 0) is 64.1 Å². The molecule has 2 fully saturated rings. The molecule has 1 aromatic rings. The van der Waals surface area contributed by atoms with Gasteiger partial charge in [0.15, 0.2) is 0 Å². The number of nitrogens with zero attached hydrogens (tertiary/aromatic N) is 2. The van der Waals surface area contributed by atoms with E-state index in [1.807, 2.05) is 0 Å². The largest absolute Gasteiger partial charge is 0.494 e. The quantitative estimate of drug-likeness (QED) is 0.625. The maximum absolute atomic E-state index is 6.19. The molecule has 1 saturated heterocycles. The summed E-state index contributed by atoms with van der Waals surface area (Å²) in [5, 5.41) is 0. The summed E-state index contributed by atoms with van der Waals surface area (Å²) in [5.41, 5.74) is 3.07. The molecule has 124 valence electrons. The fourth-order valence-electron chi connectivity index (χ4n) is 3.03. The number of benzene rings is 1. The number of hydrogen-bond donors (Lipinski definition) is 0. The van der Waals surface area contributed by atoms with Gasteiger partial charge in [0.05, 0.1) is 34.7 Å². The van der Waals surface area contributed by atoms with Crippen LogP contribution in [0.3, 0.4) is 0 Å². The van der Waals surface area contributed by atoms with Crippen LogP contribution in [-0.2, 0) is 9.31 Å². The highest BCUT2D eigenvalue weighted by atomic mass is 32.2. The summed E-state index contributed by atoms with van der Waals surface area (Å²) in [6.45, 7) is 9.54. The molecule has 0 unspecified atom stereocenters. The first-order valence-electron chi connectivity index (χ1n) is 8.46. The van der Waals surface area contributed by atoms with Crippen LogP contribution in [0.2, 0.25) is 0 Å². The van der Waals surface area contributed by atoms with E-state index in [0.717, 1.165) is 17.9 Å². The predicted molar refractivity (Wildman–Crippen MR) is 98.2 cm³/mol. The van der Waals surface area contributed by atoms with Crippen LogP contribution in [-0.4, -0.2) is 31.9 Å². The van der Waals surface area contributed by atoms with Gasteiger partial charge in [-0.15, -0.1) is 0 Å². The Balaban J connectivity index is 1.59. The summed E-state index contributed by atoms with van der Waals surface area (Å²) in [5.74, 6) is 0.879. The lowest BCUT2D eigenvalue weighted by atomic mass is 9.78. The first-order chi connectivity index (χ1) is 10.8. The zero-order valence-electron chi connectivity index (χ0n) is 14.6. The second kappa shape index (κ2) is 5.07. The van der Waals surface area contributed by atoms with Gasteiger partial charge in [-0.25, -0.2) is 0 Å². The Morgan fingerprint density at radius 1 is 1.13 bits per heavy atom. The first-order valence-corrected chi connectivity index (χ1v) is 9.19. The third-order valence-corrected chi connectivity index (χ3v) is 6.46. The molecule has 0 radical (unpaired) electrons. The smallest absolute Gasteiger partial charge is 0.399 e. The molecular formula is C17H25BN2O2S. The van der Waals surface area contributed by atoms with E-state index in [1.54, 1.807) is 12.1 Å². The van der Waals surface area contributed by atoms with Crippen molar-refractivity contribution in [2.75, 3.05) is 22.2 Å². The molecule has 0 N–H and O–H groups in total. The van der Waals surface area contributed by atoms with Crippen molar-refractivity contribution in [1.82, 2.24) is 0 Å². The average molecular weight is 332 g/mol. The van der Waals surface area contributed by atoms with Gasteiger partial charge in [-0.1, -0.05) is 6.07 Å². The van der Waals surface area contributed by atoms with Gasteiger partial charge in [0.2, 0.25) is 0 Å². The van der Waals surface area contributed by atoms with Crippen LogP contribution in [0.15, 0.2) is 18.2 Å². The van der Waals surface area contributed by atoms with Crippen molar-refractivity contribution in [2.24, 2.45) is 5.92 Å². The van der Waals surface area contributed by atoms with Gasteiger partial charge in [-0.3, -0.25) is 8.61 Å². The monoisotopic (exact) mass is 332 g/mol. The fourth-order valence-corrected chi connectivity index (χ4v) is 4.08. The first kappa shape index (κ1) is 15.7. The fraction of sp³-hybridized carbons (Fsp3) is 0.647. The van der Waals surface area contributed by atoms with E-state index in [9.17, 15) is 0 Å². The summed E-state index contributed by atoms with van der Waals surface area (Å²) in [6, 6.07) is 6.59. The van der Waals surface area contributed by atoms with E-state index in [2.05, 4.69) is 61.6 Å². The molecule has 0 amide bonds. The molecule has 1 aromatic carbocycles. The molecule has 0 aromatic heterocycles. The SMILES string of the molecule is CN1SN(CC2CC2)c2ccc(B3OC(C)(C)C(C)(C)O3)cc21. The van der Waals surface area contributed by atoms with E-state index >= 15 is 0 Å². The van der Waals surface area contributed by atoms with Crippen molar-refractivity contribution in [3.8, 4) is 0 Å². The van der Waals surface area contributed by atoms with Crippen LogP contribution in [0.5, 0.6) is 0 Å². The van der Waals surface area contributed by atoms with E-state index in [-0.39, 0.29) is 18.3 Å². The van der Waals surface area contributed by atoms with Crippen molar-refractivity contribution >= 4 is 36.1 Å². The van der Waals surface area contributed by atoms with Crippen LogP contribution in [0.4, 0.5) is 11.4 Å². The maximum Gasteiger partial charge on any atom is 0.494 e. The topological polar surface area (TPSA) is 24.9 Å². The summed E-state index contributed by atoms with van der Waals surface area (Å²) < 4.78 is 17.0. The Labute approximate surface area is 143 Å². The van der Waals surface area contributed by atoms with Crippen LogP contribution in [0.1, 0.15) is 40.5 Å². The standard InChI is InChI=1S/C17H25BN2O2S/c1-16(2)17(3,4)22-18(21-16)13-8-9-14-15(10-13)19(5)23-20(14)11-12-6-7-12/h8-10,12H,6-7,11H2,1-5H3. The van der Waals surface area contributed by atoms with Crippen molar-refractivity contribution in [3.63, 3.8) is 0 Å². The summed E-state index contributed by atoms with van der Waals surface area (Å²) in [6.07, 6.45) is 2.75. The molecule has 2 aliphatic heterocycles. The van der Waals surface area contributed by atoms with Crippen molar-refractivity contribution in [3.05, 3.63) is 18.2 Å². The molecule has 1 aliphatic carbocycles.